The van der Waals surface area contributed by atoms with Crippen LogP contribution in [0.15, 0.2) is 41.8 Å². The molecule has 1 amide bonds. The lowest BCUT2D eigenvalue weighted by molar-refractivity contribution is -0.128. The Bertz CT molecular complexity index is 1900. The number of halogens is 4. The maximum absolute atomic E-state index is 14.6. The smallest absolute Gasteiger partial charge is 0.355 e. The number of hydrogen-bond acceptors (Lipinski definition) is 7. The minimum atomic E-state index is -1.73. The molecule has 4 aromatic rings. The van der Waals surface area contributed by atoms with Gasteiger partial charge in [-0.3, -0.25) is 9.78 Å². The summed E-state index contributed by atoms with van der Waals surface area (Å²) in [6.45, 7) is 13.7. The Balaban J connectivity index is 0.00000461. The first-order chi connectivity index (χ1) is 20.8. The van der Waals surface area contributed by atoms with Gasteiger partial charge in [0.05, 0.1) is 33.2 Å². The van der Waals surface area contributed by atoms with Gasteiger partial charge in [-0.1, -0.05) is 39.5 Å². The third kappa shape index (κ3) is 5.63. The van der Waals surface area contributed by atoms with E-state index in [1.54, 1.807) is 17.2 Å². The van der Waals surface area contributed by atoms with Gasteiger partial charge in [0.1, 0.15) is 5.82 Å². The molecular weight excluding hydrogens is 607 g/mol. The molecule has 238 valence electrons. The van der Waals surface area contributed by atoms with E-state index in [2.05, 4.69) is 21.5 Å². The summed E-state index contributed by atoms with van der Waals surface area (Å²) in [6, 6.07) is 3.42. The fraction of sp³-hybridized carbons (Fsp3) is 0.344. The summed E-state index contributed by atoms with van der Waals surface area (Å²) in [5.74, 6) is -4.83. The molecule has 0 unspecified atom stereocenters. The Labute approximate surface area is 264 Å². The van der Waals surface area contributed by atoms with Crippen LogP contribution in [0.4, 0.5) is 24.7 Å². The summed E-state index contributed by atoms with van der Waals surface area (Å²) < 4.78 is 44.3. The molecule has 0 radical (unpaired) electrons. The first-order valence-electron chi connectivity index (χ1n) is 14.0. The van der Waals surface area contributed by atoms with Crippen molar-refractivity contribution in [1.82, 2.24) is 24.4 Å². The van der Waals surface area contributed by atoms with Crippen LogP contribution in [0.1, 0.15) is 52.3 Å². The summed E-state index contributed by atoms with van der Waals surface area (Å²) in [5.41, 5.74) is 5.89. The van der Waals surface area contributed by atoms with E-state index in [1.807, 2.05) is 39.5 Å². The Morgan fingerprint density at radius 3 is 2.47 bits per heavy atom. The van der Waals surface area contributed by atoms with Crippen LogP contribution in [0.2, 0.25) is 5.02 Å². The van der Waals surface area contributed by atoms with Crippen molar-refractivity contribution in [2.45, 2.75) is 60.0 Å². The van der Waals surface area contributed by atoms with E-state index in [1.165, 1.54) is 16.7 Å². The van der Waals surface area contributed by atoms with Gasteiger partial charge in [-0.2, -0.15) is 4.98 Å². The van der Waals surface area contributed by atoms with Crippen LogP contribution in [0.25, 0.3) is 28.0 Å². The van der Waals surface area contributed by atoms with E-state index >= 15 is 0 Å². The predicted molar refractivity (Wildman–Crippen MR) is 171 cm³/mol. The first-order valence-corrected chi connectivity index (χ1v) is 14.4. The van der Waals surface area contributed by atoms with E-state index in [4.69, 9.17) is 17.3 Å². The average Bonchev–Trinajstić information content (AvgIpc) is 2.98. The molecule has 45 heavy (non-hydrogen) atoms. The number of pyridine rings is 2. The second kappa shape index (κ2) is 12.5. The highest BCUT2D eigenvalue weighted by atomic mass is 35.5. The number of piperazine rings is 1. The van der Waals surface area contributed by atoms with Crippen molar-refractivity contribution in [1.29, 1.82) is 0 Å². The number of anilines is 2. The number of carbonyl (C=O) groups is 1. The summed E-state index contributed by atoms with van der Waals surface area (Å²) in [4.78, 5) is 43.8. The normalized spacial score (nSPS) is 16.7. The minimum Gasteiger partial charge on any atom is -0.396 e. The largest absolute Gasteiger partial charge is 0.396 e. The molecule has 1 aliphatic rings. The standard InChI is InChI=1S/C31H31ClF3N7O2.CH4/c1-7-22(43)40-12-17(6)41(13-16(40)5)29-19-10-20(32)27(18-11-21(33)23(34)24(35)25(18)36)38-30(19)42(31(44)39-29)28-15(4)8-9-37-26(28)14(2)3;/h7-11,14,16-17H,1,12-13,36H2,2-6H3;1H4/t16-,17+;/m1./s1. The molecule has 1 aromatic carbocycles. The highest BCUT2D eigenvalue weighted by molar-refractivity contribution is 6.34. The Morgan fingerprint density at radius 1 is 1.13 bits per heavy atom. The maximum Gasteiger partial charge on any atom is 0.355 e. The second-order valence-electron chi connectivity index (χ2n) is 11.3. The van der Waals surface area contributed by atoms with E-state index in [9.17, 15) is 22.8 Å². The molecule has 13 heteroatoms. The van der Waals surface area contributed by atoms with Gasteiger partial charge in [0.2, 0.25) is 5.91 Å². The summed E-state index contributed by atoms with van der Waals surface area (Å²) >= 11 is 6.70. The molecule has 0 saturated carbocycles. The van der Waals surface area contributed by atoms with Gasteiger partial charge in [-0.25, -0.2) is 27.5 Å². The first kappa shape index (κ1) is 33.4. The molecule has 4 heterocycles. The number of nitrogens with two attached hydrogens (primary N) is 1. The number of carbonyl (C=O) groups excluding carboxylic acids is 1. The fourth-order valence-corrected chi connectivity index (χ4v) is 5.90. The molecule has 2 atom stereocenters. The zero-order chi connectivity index (χ0) is 32.2. The Hall–Kier alpha value is -4.45. The number of amides is 1. The zero-order valence-electron chi connectivity index (χ0n) is 24.8. The van der Waals surface area contributed by atoms with Crippen molar-refractivity contribution < 1.29 is 18.0 Å². The molecule has 1 fully saturated rings. The number of aromatic nitrogens is 4. The lowest BCUT2D eigenvalue weighted by Crippen LogP contribution is -2.58. The van der Waals surface area contributed by atoms with Gasteiger partial charge in [0, 0.05) is 36.9 Å². The lowest BCUT2D eigenvalue weighted by atomic mass is 10.0. The predicted octanol–water partition coefficient (Wildman–Crippen LogP) is 6.18. The average molecular weight is 642 g/mol. The van der Waals surface area contributed by atoms with Gasteiger partial charge in [0.25, 0.3) is 0 Å². The number of benzene rings is 1. The topological polar surface area (TPSA) is 110 Å². The van der Waals surface area contributed by atoms with E-state index in [0.717, 1.165) is 0 Å². The third-order valence-electron chi connectivity index (χ3n) is 7.90. The van der Waals surface area contributed by atoms with Crippen molar-refractivity contribution in [2.75, 3.05) is 23.7 Å². The quantitative estimate of drug-likeness (QED) is 0.158. The molecule has 1 saturated heterocycles. The highest BCUT2D eigenvalue weighted by Crippen LogP contribution is 2.39. The molecule has 0 bridgehead atoms. The highest BCUT2D eigenvalue weighted by Gasteiger charge is 2.34. The molecular formula is C32H35ClF3N7O2. The maximum atomic E-state index is 14.6. The molecule has 1 aliphatic heterocycles. The summed E-state index contributed by atoms with van der Waals surface area (Å²) in [6.07, 6.45) is 2.89. The number of fused-ring (bicyclic) bond motifs is 1. The van der Waals surface area contributed by atoms with Crippen LogP contribution in [0.3, 0.4) is 0 Å². The van der Waals surface area contributed by atoms with Crippen LogP contribution in [0, 0.1) is 24.4 Å². The molecule has 0 aliphatic carbocycles. The van der Waals surface area contributed by atoms with Crippen LogP contribution in [-0.2, 0) is 4.79 Å². The number of nitrogen functional groups attached to an aromatic ring is 1. The Kier molecular flexibility index (Phi) is 9.30. The molecule has 0 spiro atoms. The van der Waals surface area contributed by atoms with E-state index in [-0.39, 0.29) is 59.1 Å². The number of hydrogen-bond donors (Lipinski definition) is 1. The monoisotopic (exact) mass is 641 g/mol. The van der Waals surface area contributed by atoms with Crippen LogP contribution >= 0.6 is 11.6 Å². The number of nitrogens with zero attached hydrogens (tertiary/aromatic N) is 6. The molecule has 2 N–H and O–H groups in total. The molecule has 3 aromatic heterocycles. The van der Waals surface area contributed by atoms with Crippen LogP contribution in [0.5, 0.6) is 0 Å². The molecule has 9 nitrogen and oxygen atoms in total. The minimum absolute atomic E-state index is 0. The lowest BCUT2D eigenvalue weighted by Gasteiger charge is -2.44. The van der Waals surface area contributed by atoms with Crippen LogP contribution in [-0.4, -0.2) is 55.5 Å². The van der Waals surface area contributed by atoms with Gasteiger partial charge in [-0.05, 0) is 56.5 Å². The van der Waals surface area contributed by atoms with E-state index < -0.39 is 28.8 Å². The molecule has 5 rings (SSSR count). The van der Waals surface area contributed by atoms with Gasteiger partial charge >= 0.3 is 5.69 Å². The zero-order valence-corrected chi connectivity index (χ0v) is 25.6. The van der Waals surface area contributed by atoms with Gasteiger partial charge in [-0.15, -0.1) is 0 Å². The van der Waals surface area contributed by atoms with Crippen LogP contribution < -0.4 is 16.3 Å². The second-order valence-corrected chi connectivity index (χ2v) is 11.7. The summed E-state index contributed by atoms with van der Waals surface area (Å²) in [7, 11) is 0. The number of rotatable bonds is 5. The summed E-state index contributed by atoms with van der Waals surface area (Å²) in [5, 5.41) is 0.302. The SMILES string of the molecule is C.C=CC(=O)N1C[C@H](C)N(c2nc(=O)n(-c3c(C)ccnc3C(C)C)c3nc(-c4cc(F)c(F)c(F)c4N)c(Cl)cc23)C[C@H]1C. The number of aryl methyl sites for hydroxylation is 1. The third-order valence-corrected chi connectivity index (χ3v) is 8.19. The van der Waals surface area contributed by atoms with Crippen molar-refractivity contribution >= 4 is 40.0 Å². The van der Waals surface area contributed by atoms with Crippen molar-refractivity contribution in [3.63, 3.8) is 0 Å². The van der Waals surface area contributed by atoms with Crippen molar-refractivity contribution in [3.05, 3.63) is 81.3 Å². The van der Waals surface area contributed by atoms with Crippen molar-refractivity contribution in [2.24, 2.45) is 0 Å². The van der Waals surface area contributed by atoms with Gasteiger partial charge < -0.3 is 15.5 Å². The van der Waals surface area contributed by atoms with Crippen molar-refractivity contribution in [3.8, 4) is 16.9 Å². The van der Waals surface area contributed by atoms with Gasteiger partial charge in [0.15, 0.2) is 23.1 Å². The van der Waals surface area contributed by atoms with E-state index in [0.29, 0.717) is 41.5 Å². The Morgan fingerprint density at radius 2 is 1.82 bits per heavy atom. The fourth-order valence-electron chi connectivity index (χ4n) is 5.65.